The Balaban J connectivity index is 1.51. The number of benzene rings is 3. The van der Waals surface area contributed by atoms with Gasteiger partial charge in [0.1, 0.15) is 6.54 Å². The number of aryl methyl sites for hydroxylation is 2. The van der Waals surface area contributed by atoms with Crippen LogP contribution in [0.1, 0.15) is 23.6 Å². The molecule has 0 unspecified atom stereocenters. The third-order valence-electron chi connectivity index (χ3n) is 6.38. The van der Waals surface area contributed by atoms with Gasteiger partial charge in [0.05, 0.1) is 11.4 Å². The smallest absolute Gasteiger partial charge is 0.269 e. The summed E-state index contributed by atoms with van der Waals surface area (Å²) in [6.07, 6.45) is 0.788. The number of nitrogens with one attached hydrogen (secondary N) is 1. The first kappa shape index (κ1) is 22.2. The number of fused-ring (bicyclic) bond motifs is 2. The lowest BCUT2D eigenvalue weighted by atomic mass is 10.0. The monoisotopic (exact) mass is 471 g/mol. The highest BCUT2D eigenvalue weighted by Crippen LogP contribution is 2.55. The number of hydrogen-bond donors (Lipinski definition) is 1. The zero-order chi connectivity index (χ0) is 23.9. The molecule has 0 saturated carbocycles. The van der Waals surface area contributed by atoms with E-state index in [1.807, 2.05) is 86.6 Å². The molecule has 0 radical (unpaired) electrons. The van der Waals surface area contributed by atoms with E-state index >= 15 is 0 Å². The Morgan fingerprint density at radius 2 is 1.74 bits per heavy atom. The van der Waals surface area contributed by atoms with Gasteiger partial charge in [-0.2, -0.15) is 0 Å². The van der Waals surface area contributed by atoms with Gasteiger partial charge in [-0.25, -0.2) is 0 Å². The first-order chi connectivity index (χ1) is 16.5. The van der Waals surface area contributed by atoms with Crippen molar-refractivity contribution in [2.75, 3.05) is 27.4 Å². The Morgan fingerprint density at radius 1 is 1.00 bits per heavy atom. The van der Waals surface area contributed by atoms with Gasteiger partial charge in [-0.05, 0) is 42.7 Å². The third-order valence-corrected chi connectivity index (χ3v) is 7.77. The van der Waals surface area contributed by atoms with Crippen molar-refractivity contribution in [1.29, 1.82) is 0 Å². The van der Waals surface area contributed by atoms with Crippen LogP contribution in [0.5, 0.6) is 0 Å². The summed E-state index contributed by atoms with van der Waals surface area (Å²) in [7, 11) is 0. The van der Waals surface area contributed by atoms with E-state index in [1.54, 1.807) is 4.90 Å². The predicted octanol–water partition coefficient (Wildman–Crippen LogP) is 4.48. The van der Waals surface area contributed by atoms with Crippen LogP contribution in [-0.4, -0.2) is 30.0 Å². The van der Waals surface area contributed by atoms with Crippen LogP contribution in [0.4, 0.5) is 17.1 Å². The quantitative estimate of drug-likeness (QED) is 0.596. The maximum absolute atomic E-state index is 14.0. The molecule has 7 heteroatoms. The molecule has 3 amide bonds. The molecule has 2 heterocycles. The van der Waals surface area contributed by atoms with Crippen LogP contribution >= 0.6 is 11.8 Å². The first-order valence-electron chi connectivity index (χ1n) is 11.3. The minimum absolute atomic E-state index is 0.127. The van der Waals surface area contributed by atoms with E-state index in [4.69, 9.17) is 0 Å². The second kappa shape index (κ2) is 8.65. The fraction of sp³-hybridized carbons (Fsp3) is 0.222. The molecule has 2 aliphatic rings. The van der Waals surface area contributed by atoms with Crippen molar-refractivity contribution in [1.82, 2.24) is 0 Å². The highest BCUT2D eigenvalue weighted by atomic mass is 32.2. The number of carbonyl (C=O) groups is 3. The molecule has 1 atom stereocenters. The molecule has 1 fully saturated rings. The summed E-state index contributed by atoms with van der Waals surface area (Å²) in [5.41, 5.74) is 4.87. The molecule has 1 saturated heterocycles. The fourth-order valence-corrected chi connectivity index (χ4v) is 6.17. The second-order valence-electron chi connectivity index (χ2n) is 8.42. The number of carbonyl (C=O) groups excluding carboxylic acids is 3. The summed E-state index contributed by atoms with van der Waals surface area (Å²) in [4.78, 5) is 42.1. The number of rotatable bonds is 5. The number of thioether (sulfide) groups is 1. The molecule has 0 bridgehead atoms. The van der Waals surface area contributed by atoms with Crippen molar-refractivity contribution in [3.05, 3.63) is 89.5 Å². The Labute approximate surface area is 202 Å². The SMILES string of the molecule is CCc1cccc(C)c1NC(=O)CN1C(=O)[C@]2(SCC(=O)N2c2ccccc2)c2ccccc21. The van der Waals surface area contributed by atoms with Crippen LogP contribution < -0.4 is 15.1 Å². The van der Waals surface area contributed by atoms with E-state index < -0.39 is 4.87 Å². The fourth-order valence-electron chi connectivity index (χ4n) is 4.81. The molecule has 0 aliphatic carbocycles. The predicted molar refractivity (Wildman–Crippen MR) is 136 cm³/mol. The van der Waals surface area contributed by atoms with Crippen molar-refractivity contribution >= 4 is 46.5 Å². The Hall–Kier alpha value is -3.58. The molecule has 2 aliphatic heterocycles. The summed E-state index contributed by atoms with van der Waals surface area (Å²) in [6, 6.07) is 22.6. The maximum Gasteiger partial charge on any atom is 0.269 e. The number of para-hydroxylation sites is 3. The van der Waals surface area contributed by atoms with Gasteiger partial charge in [-0.15, -0.1) is 11.8 Å². The molecule has 1 N–H and O–H groups in total. The average molecular weight is 472 g/mol. The second-order valence-corrected chi connectivity index (χ2v) is 9.58. The number of anilines is 3. The van der Waals surface area contributed by atoms with Gasteiger partial charge in [0.25, 0.3) is 5.91 Å². The Bertz CT molecular complexity index is 1290. The summed E-state index contributed by atoms with van der Waals surface area (Å²) in [6.45, 7) is 3.87. The zero-order valence-electron chi connectivity index (χ0n) is 19.1. The van der Waals surface area contributed by atoms with E-state index in [0.717, 1.165) is 28.8 Å². The van der Waals surface area contributed by atoms with Crippen LogP contribution in [0, 0.1) is 6.92 Å². The number of hydrogen-bond acceptors (Lipinski definition) is 4. The van der Waals surface area contributed by atoms with Crippen molar-refractivity contribution in [2.24, 2.45) is 0 Å². The maximum atomic E-state index is 14.0. The first-order valence-corrected chi connectivity index (χ1v) is 12.3. The molecule has 34 heavy (non-hydrogen) atoms. The molecule has 3 aromatic rings. The third kappa shape index (κ3) is 3.39. The average Bonchev–Trinajstić information content (AvgIpc) is 3.32. The highest BCUT2D eigenvalue weighted by Gasteiger charge is 2.61. The Kier molecular flexibility index (Phi) is 5.65. The van der Waals surface area contributed by atoms with Crippen LogP contribution in [0.15, 0.2) is 72.8 Å². The normalized spacial score (nSPS) is 19.1. The van der Waals surface area contributed by atoms with Gasteiger partial charge in [0.15, 0.2) is 0 Å². The standard InChI is InChI=1S/C27H25N3O3S/c1-3-19-11-9-10-18(2)25(19)28-23(31)16-29-22-15-8-7-14-21(22)27(26(29)33)30(24(32)17-34-27)20-12-5-4-6-13-20/h4-15H,3,16-17H2,1-2H3,(H,28,31)/t27-/m1/s1. The minimum atomic E-state index is -1.22. The van der Waals surface area contributed by atoms with E-state index in [0.29, 0.717) is 11.4 Å². The van der Waals surface area contributed by atoms with Crippen molar-refractivity contribution in [2.45, 2.75) is 25.1 Å². The van der Waals surface area contributed by atoms with Crippen molar-refractivity contribution in [3.8, 4) is 0 Å². The molecule has 172 valence electrons. The van der Waals surface area contributed by atoms with Gasteiger partial charge in [-0.1, -0.05) is 61.5 Å². The topological polar surface area (TPSA) is 69.7 Å². The summed E-state index contributed by atoms with van der Waals surface area (Å²) < 4.78 is 0. The van der Waals surface area contributed by atoms with Crippen molar-refractivity contribution in [3.63, 3.8) is 0 Å². The van der Waals surface area contributed by atoms with Crippen LogP contribution in [0.3, 0.4) is 0 Å². The van der Waals surface area contributed by atoms with Crippen molar-refractivity contribution < 1.29 is 14.4 Å². The molecule has 3 aromatic carbocycles. The molecular formula is C27H25N3O3S. The van der Waals surface area contributed by atoms with E-state index in [-0.39, 0.29) is 30.0 Å². The summed E-state index contributed by atoms with van der Waals surface area (Å²) >= 11 is 1.31. The lowest BCUT2D eigenvalue weighted by molar-refractivity contribution is -0.124. The molecular weight excluding hydrogens is 446 g/mol. The lowest BCUT2D eigenvalue weighted by Gasteiger charge is -2.33. The Morgan fingerprint density at radius 3 is 2.50 bits per heavy atom. The molecule has 6 nitrogen and oxygen atoms in total. The van der Waals surface area contributed by atoms with Gasteiger partial charge >= 0.3 is 0 Å². The minimum Gasteiger partial charge on any atom is -0.324 e. The van der Waals surface area contributed by atoms with Gasteiger partial charge in [0.2, 0.25) is 16.7 Å². The molecule has 0 aromatic heterocycles. The lowest BCUT2D eigenvalue weighted by Crippen LogP contribution is -2.50. The van der Waals surface area contributed by atoms with Crippen LogP contribution in [0.2, 0.25) is 0 Å². The van der Waals surface area contributed by atoms with Gasteiger partial charge in [0, 0.05) is 16.9 Å². The van der Waals surface area contributed by atoms with Crippen LogP contribution in [-0.2, 0) is 25.7 Å². The van der Waals surface area contributed by atoms with Gasteiger partial charge < -0.3 is 5.32 Å². The zero-order valence-corrected chi connectivity index (χ0v) is 19.9. The summed E-state index contributed by atoms with van der Waals surface area (Å²) in [5.74, 6) is -0.482. The van der Waals surface area contributed by atoms with Gasteiger partial charge in [-0.3, -0.25) is 24.2 Å². The van der Waals surface area contributed by atoms with E-state index in [1.165, 1.54) is 16.7 Å². The molecule has 1 spiro atoms. The largest absolute Gasteiger partial charge is 0.324 e. The number of amides is 3. The van der Waals surface area contributed by atoms with E-state index in [2.05, 4.69) is 5.32 Å². The summed E-state index contributed by atoms with van der Waals surface area (Å²) in [5, 5.41) is 3.02. The highest BCUT2D eigenvalue weighted by molar-refractivity contribution is 8.02. The molecule has 5 rings (SSSR count). The number of nitrogens with zero attached hydrogens (tertiary/aromatic N) is 2. The van der Waals surface area contributed by atoms with Crippen LogP contribution in [0.25, 0.3) is 0 Å². The van der Waals surface area contributed by atoms with E-state index in [9.17, 15) is 14.4 Å².